The Morgan fingerprint density at radius 3 is 2.30 bits per heavy atom. The van der Waals surface area contributed by atoms with Gasteiger partial charge in [0.2, 0.25) is 0 Å². The van der Waals surface area contributed by atoms with Gasteiger partial charge >= 0.3 is 16.1 Å². The van der Waals surface area contributed by atoms with Crippen molar-refractivity contribution in [2.45, 2.75) is 30.7 Å². The fourth-order valence-electron chi connectivity index (χ4n) is 2.01. The lowest BCUT2D eigenvalue weighted by Gasteiger charge is -2.11. The quantitative estimate of drug-likeness (QED) is 0.819. The Balaban J connectivity index is 1.96. The summed E-state index contributed by atoms with van der Waals surface area (Å²) >= 11 is 0. The van der Waals surface area contributed by atoms with E-state index in [1.807, 2.05) is 37.3 Å². The average molecular weight is 333 g/mol. The van der Waals surface area contributed by atoms with Crippen molar-refractivity contribution >= 4 is 16.1 Å². The molecule has 0 bridgehead atoms. The highest BCUT2D eigenvalue weighted by molar-refractivity contribution is 7.87. The zero-order valence-corrected chi connectivity index (χ0v) is 13.6. The predicted octanol–water partition coefficient (Wildman–Crippen LogP) is 2.19. The van der Waals surface area contributed by atoms with Crippen LogP contribution in [0.2, 0.25) is 0 Å². The molecule has 0 saturated heterocycles. The van der Waals surface area contributed by atoms with Crippen molar-refractivity contribution in [3.05, 3.63) is 65.7 Å². The van der Waals surface area contributed by atoms with E-state index in [1.165, 1.54) is 12.1 Å². The van der Waals surface area contributed by atoms with E-state index in [4.69, 9.17) is 5.73 Å². The monoisotopic (exact) mass is 333 g/mol. The number of carbonyl (C=O) groups excluding carboxylic acids is 1. The van der Waals surface area contributed by atoms with Crippen LogP contribution in [0.1, 0.15) is 17.5 Å². The largest absolute Gasteiger partial charge is 0.341 e. The Hall–Kier alpha value is -2.18. The van der Waals surface area contributed by atoms with Gasteiger partial charge in [0.25, 0.3) is 0 Å². The van der Waals surface area contributed by atoms with Crippen molar-refractivity contribution in [2.75, 3.05) is 0 Å². The van der Waals surface area contributed by atoms with Crippen molar-refractivity contribution in [3.8, 4) is 0 Å². The van der Waals surface area contributed by atoms with Crippen molar-refractivity contribution in [1.29, 1.82) is 0 Å². The molecule has 0 aliphatic heterocycles. The average Bonchev–Trinajstić information content (AvgIpc) is 2.53. The summed E-state index contributed by atoms with van der Waals surface area (Å²) in [7, 11) is -4.13. The van der Waals surface area contributed by atoms with Crippen LogP contribution in [0.4, 0.5) is 0 Å². The molecule has 0 saturated carbocycles. The van der Waals surface area contributed by atoms with Crippen LogP contribution in [0, 0.1) is 6.92 Å². The van der Waals surface area contributed by atoms with Crippen molar-refractivity contribution in [3.63, 3.8) is 0 Å². The second kappa shape index (κ2) is 7.39. The lowest BCUT2D eigenvalue weighted by molar-refractivity contribution is -0.135. The lowest BCUT2D eigenvalue weighted by atomic mass is 10.1. The number of carbonyl (C=O) groups is 1. The number of rotatable bonds is 6. The van der Waals surface area contributed by atoms with Crippen LogP contribution in [-0.4, -0.2) is 20.4 Å². The van der Waals surface area contributed by atoms with Crippen LogP contribution in [0.5, 0.6) is 0 Å². The minimum atomic E-state index is -4.13. The van der Waals surface area contributed by atoms with Gasteiger partial charge in [0.15, 0.2) is 0 Å². The summed E-state index contributed by atoms with van der Waals surface area (Å²) in [6.45, 7) is 1.84. The minimum Gasteiger partial charge on any atom is -0.341 e. The van der Waals surface area contributed by atoms with Crippen LogP contribution in [0.25, 0.3) is 0 Å². The summed E-state index contributed by atoms with van der Waals surface area (Å²) in [6, 6.07) is 14.6. The molecule has 0 fully saturated rings. The number of hydrogen-bond donors (Lipinski definition) is 1. The molecule has 0 aliphatic rings. The van der Waals surface area contributed by atoms with Crippen molar-refractivity contribution in [2.24, 2.45) is 5.73 Å². The van der Waals surface area contributed by atoms with E-state index in [-0.39, 0.29) is 4.90 Å². The third-order valence-corrected chi connectivity index (χ3v) is 4.62. The summed E-state index contributed by atoms with van der Waals surface area (Å²) in [5, 5.41) is 0. The number of aryl methyl sites for hydroxylation is 2. The molecule has 2 rings (SSSR count). The third-order valence-electron chi connectivity index (χ3n) is 3.39. The topological polar surface area (TPSA) is 86.5 Å². The van der Waals surface area contributed by atoms with Crippen molar-refractivity contribution < 1.29 is 17.4 Å². The zero-order chi connectivity index (χ0) is 16.9. The lowest BCUT2D eigenvalue weighted by Crippen LogP contribution is -2.34. The molecule has 0 radical (unpaired) electrons. The molecule has 0 unspecified atom stereocenters. The van der Waals surface area contributed by atoms with Crippen LogP contribution < -0.4 is 5.73 Å². The standard InChI is InChI=1S/C17H19NO4S/c1-13-7-10-15(11-8-13)23(20,21)22-17(19)16(18)12-9-14-5-3-2-4-6-14/h2-8,10-11,16H,9,12,18H2,1H3/t16-/m0/s1. The van der Waals surface area contributed by atoms with Gasteiger partial charge in [-0.2, -0.15) is 8.42 Å². The Morgan fingerprint density at radius 2 is 1.70 bits per heavy atom. The first-order valence-corrected chi connectivity index (χ1v) is 8.64. The fraction of sp³-hybridized carbons (Fsp3) is 0.235. The predicted molar refractivity (Wildman–Crippen MR) is 87.2 cm³/mol. The van der Waals surface area contributed by atoms with E-state index < -0.39 is 22.1 Å². The van der Waals surface area contributed by atoms with Gasteiger partial charge in [0.1, 0.15) is 10.9 Å². The van der Waals surface area contributed by atoms with E-state index in [1.54, 1.807) is 12.1 Å². The molecule has 2 aromatic carbocycles. The first kappa shape index (κ1) is 17.2. The highest BCUT2D eigenvalue weighted by atomic mass is 32.2. The summed E-state index contributed by atoms with van der Waals surface area (Å²) in [5.41, 5.74) is 7.67. The summed E-state index contributed by atoms with van der Waals surface area (Å²) in [4.78, 5) is 11.8. The Morgan fingerprint density at radius 1 is 1.09 bits per heavy atom. The highest BCUT2D eigenvalue weighted by Gasteiger charge is 2.24. The molecule has 0 amide bonds. The third kappa shape index (κ3) is 4.91. The molecule has 0 spiro atoms. The summed E-state index contributed by atoms with van der Waals surface area (Å²) in [6.07, 6.45) is 0.883. The zero-order valence-electron chi connectivity index (χ0n) is 12.8. The number of benzene rings is 2. The van der Waals surface area contributed by atoms with Gasteiger partial charge in [-0.25, -0.2) is 4.79 Å². The van der Waals surface area contributed by atoms with E-state index in [9.17, 15) is 13.2 Å². The first-order chi connectivity index (χ1) is 10.9. The normalized spacial score (nSPS) is 12.6. The smallest absolute Gasteiger partial charge is 0.341 e. The highest BCUT2D eigenvalue weighted by Crippen LogP contribution is 2.14. The Kier molecular flexibility index (Phi) is 5.52. The maximum atomic E-state index is 12.0. The van der Waals surface area contributed by atoms with Gasteiger partial charge in [-0.1, -0.05) is 48.0 Å². The van der Waals surface area contributed by atoms with Crippen LogP contribution in [0.15, 0.2) is 59.5 Å². The molecule has 0 heterocycles. The molecule has 6 heteroatoms. The van der Waals surface area contributed by atoms with E-state index >= 15 is 0 Å². The summed E-state index contributed by atoms with van der Waals surface area (Å²) < 4.78 is 28.7. The van der Waals surface area contributed by atoms with Crippen LogP contribution in [0.3, 0.4) is 0 Å². The maximum Gasteiger partial charge on any atom is 0.341 e. The van der Waals surface area contributed by atoms with Crippen molar-refractivity contribution in [1.82, 2.24) is 0 Å². The van der Waals surface area contributed by atoms with Gasteiger partial charge in [-0.3, -0.25) is 0 Å². The Bertz CT molecular complexity index is 755. The molecule has 2 N–H and O–H groups in total. The molecular formula is C17H19NO4S. The SMILES string of the molecule is Cc1ccc(S(=O)(=O)OC(=O)[C@@H](N)CCc2ccccc2)cc1. The van der Waals surface area contributed by atoms with Gasteiger partial charge < -0.3 is 9.92 Å². The molecule has 1 atom stereocenters. The number of hydrogen-bond acceptors (Lipinski definition) is 5. The van der Waals surface area contributed by atoms with Gasteiger partial charge in [0, 0.05) is 0 Å². The molecule has 0 aliphatic carbocycles. The molecule has 0 aromatic heterocycles. The molecular weight excluding hydrogens is 314 g/mol. The first-order valence-electron chi connectivity index (χ1n) is 7.23. The molecule has 2 aromatic rings. The van der Waals surface area contributed by atoms with Crippen LogP contribution in [-0.2, 0) is 25.5 Å². The van der Waals surface area contributed by atoms with E-state index in [2.05, 4.69) is 4.18 Å². The van der Waals surface area contributed by atoms with Crippen LogP contribution >= 0.6 is 0 Å². The second-order valence-electron chi connectivity index (χ2n) is 5.30. The van der Waals surface area contributed by atoms with Gasteiger partial charge in [-0.05, 0) is 37.5 Å². The second-order valence-corrected chi connectivity index (χ2v) is 6.85. The molecule has 23 heavy (non-hydrogen) atoms. The van der Waals surface area contributed by atoms with Gasteiger partial charge in [0.05, 0.1) is 0 Å². The fourth-order valence-corrected chi connectivity index (χ4v) is 2.91. The van der Waals surface area contributed by atoms with E-state index in [0.717, 1.165) is 11.1 Å². The molecule has 5 nitrogen and oxygen atoms in total. The maximum absolute atomic E-state index is 12.0. The molecule has 122 valence electrons. The van der Waals surface area contributed by atoms with Gasteiger partial charge in [-0.15, -0.1) is 0 Å². The number of nitrogens with two attached hydrogens (primary N) is 1. The summed E-state index contributed by atoms with van der Waals surface area (Å²) in [5.74, 6) is -0.943. The Labute approximate surface area is 136 Å². The minimum absolute atomic E-state index is 0.0632. The van der Waals surface area contributed by atoms with E-state index in [0.29, 0.717) is 12.8 Å².